The molecule has 0 saturated heterocycles. The van der Waals surface area contributed by atoms with Gasteiger partial charge in [-0.3, -0.25) is 0 Å². The molecule has 0 heterocycles. The molecule has 0 rings (SSSR count). The van der Waals surface area contributed by atoms with E-state index < -0.39 is 0 Å². The van der Waals surface area contributed by atoms with Gasteiger partial charge in [-0.05, 0) is 0 Å². The van der Waals surface area contributed by atoms with Crippen molar-refractivity contribution in [3.05, 3.63) is 10.6 Å². The minimum Gasteiger partial charge on any atom is -0.662 e. The summed E-state index contributed by atoms with van der Waals surface area (Å²) in [6, 6.07) is 0. The smallest absolute Gasteiger partial charge is 0 e. The van der Waals surface area contributed by atoms with Crippen LogP contribution in [0.3, 0.4) is 0 Å². The van der Waals surface area contributed by atoms with Crippen LogP contribution in [0.1, 0.15) is 55.4 Å². The molecule has 0 fully saturated rings. The normalized spacial score (nSPS) is 10.2. The van der Waals surface area contributed by atoms with Gasteiger partial charge in [-0.25, -0.2) is 0 Å². The molecule has 0 aliphatic carbocycles. The Labute approximate surface area is 168 Å². The number of nitrogens with zero attached hydrogens (tertiary/aromatic N) is 2. The summed E-state index contributed by atoms with van der Waals surface area (Å²) >= 11 is 0. The van der Waals surface area contributed by atoms with E-state index in [-0.39, 0.29) is 53.2 Å². The minimum atomic E-state index is 0. The summed E-state index contributed by atoms with van der Waals surface area (Å²) in [6.45, 7) is 21.7. The molecule has 0 amide bonds. The second-order valence-corrected chi connectivity index (χ2v) is 6.75. The minimum absolute atomic E-state index is 0. The quantitative estimate of drug-likeness (QED) is 0.462. The first-order valence-electron chi connectivity index (χ1n) is 7.52. The molecule has 0 spiro atoms. The maximum Gasteiger partial charge on any atom is 0 e. The second-order valence-electron chi connectivity index (χ2n) is 6.75. The van der Waals surface area contributed by atoms with Crippen LogP contribution in [0.25, 0.3) is 10.6 Å². The molecule has 0 radical (unpaired) electrons. The third-order valence-electron chi connectivity index (χ3n) is 1.98. The molecule has 0 atom stereocenters. The molecule has 0 aliphatic heterocycles. The van der Waals surface area contributed by atoms with Crippen LogP contribution in [0.2, 0.25) is 0 Å². The first kappa shape index (κ1) is 29.6. The van der Waals surface area contributed by atoms with Crippen LogP contribution in [-0.4, -0.2) is 26.2 Å². The SMILES string of the molecule is CC(C)C[N-]CC(C)C.CC(C)C[N-]CC(C)C.Cl.[Nd]. The Morgan fingerprint density at radius 1 is 0.500 bits per heavy atom. The summed E-state index contributed by atoms with van der Waals surface area (Å²) in [5.74, 6) is 2.90. The van der Waals surface area contributed by atoms with Crippen molar-refractivity contribution < 1.29 is 40.8 Å². The van der Waals surface area contributed by atoms with Gasteiger partial charge in [0, 0.05) is 40.8 Å². The first-order valence-corrected chi connectivity index (χ1v) is 7.52. The molecule has 2 nitrogen and oxygen atoms in total. The van der Waals surface area contributed by atoms with Gasteiger partial charge in [-0.2, -0.15) is 0 Å². The third-order valence-corrected chi connectivity index (χ3v) is 1.98. The van der Waals surface area contributed by atoms with E-state index in [0.29, 0.717) is 0 Å². The molecule has 4 heteroatoms. The number of halogens is 1. The van der Waals surface area contributed by atoms with Crippen molar-refractivity contribution >= 4 is 12.4 Å². The van der Waals surface area contributed by atoms with Crippen LogP contribution in [0, 0.1) is 64.5 Å². The van der Waals surface area contributed by atoms with E-state index in [9.17, 15) is 0 Å². The predicted octanol–water partition coefficient (Wildman–Crippen LogP) is 5.77. The number of rotatable bonds is 8. The topological polar surface area (TPSA) is 28.2 Å². The monoisotopic (exact) mass is 434 g/mol. The van der Waals surface area contributed by atoms with Gasteiger partial charge in [0.1, 0.15) is 0 Å². The summed E-state index contributed by atoms with van der Waals surface area (Å²) in [5.41, 5.74) is 0. The van der Waals surface area contributed by atoms with Crippen molar-refractivity contribution in [2.24, 2.45) is 23.7 Å². The summed E-state index contributed by atoms with van der Waals surface area (Å²) < 4.78 is 0. The van der Waals surface area contributed by atoms with E-state index in [1.165, 1.54) is 0 Å². The van der Waals surface area contributed by atoms with Crippen LogP contribution < -0.4 is 0 Å². The van der Waals surface area contributed by atoms with Crippen LogP contribution in [0.5, 0.6) is 0 Å². The Bertz CT molecular complexity index is 129. The van der Waals surface area contributed by atoms with Crippen LogP contribution in [-0.2, 0) is 0 Å². The van der Waals surface area contributed by atoms with E-state index in [2.05, 4.69) is 66.0 Å². The van der Waals surface area contributed by atoms with E-state index in [1.54, 1.807) is 0 Å². The molecule has 0 aromatic carbocycles. The summed E-state index contributed by atoms with van der Waals surface area (Å²) in [4.78, 5) is 0. The molecular weight excluding hydrogens is 400 g/mol. The molecule has 0 aromatic rings. The van der Waals surface area contributed by atoms with Gasteiger partial charge in [-0.15, -0.1) is 38.6 Å². The zero-order valence-corrected chi connectivity index (χ0v) is 19.0. The molecule has 0 aromatic heterocycles. The Hall–Kier alpha value is 1.56. The fourth-order valence-electron chi connectivity index (χ4n) is 1.18. The van der Waals surface area contributed by atoms with Crippen LogP contribution in [0.15, 0.2) is 0 Å². The molecule has 0 unspecified atom stereocenters. The molecule has 0 saturated carbocycles. The average molecular weight is 437 g/mol. The van der Waals surface area contributed by atoms with Gasteiger partial charge in [0.15, 0.2) is 0 Å². The van der Waals surface area contributed by atoms with E-state index >= 15 is 0 Å². The van der Waals surface area contributed by atoms with Crippen LogP contribution in [0.4, 0.5) is 0 Å². The molecule has 0 aliphatic rings. The molecular formula is C16H37ClN2Nd-2. The molecule has 0 N–H and O–H groups in total. The Kier molecular flexibility index (Phi) is 30.4. The third kappa shape index (κ3) is 36.6. The van der Waals surface area contributed by atoms with Crippen molar-refractivity contribution in [3.63, 3.8) is 0 Å². The van der Waals surface area contributed by atoms with E-state index in [1.807, 2.05) is 0 Å². The van der Waals surface area contributed by atoms with Crippen molar-refractivity contribution in [1.82, 2.24) is 0 Å². The summed E-state index contributed by atoms with van der Waals surface area (Å²) in [7, 11) is 0. The first-order chi connectivity index (χ1) is 8.25. The standard InChI is InChI=1S/2C8H18N.ClH.Nd/c2*1-7(2)5-9-6-8(3)4;;/h2*7-8H,5-6H2,1-4H3;1H;/q2*-1;;. The average Bonchev–Trinajstić information content (AvgIpc) is 2.15. The maximum atomic E-state index is 4.37. The van der Waals surface area contributed by atoms with E-state index in [4.69, 9.17) is 0 Å². The van der Waals surface area contributed by atoms with Crippen molar-refractivity contribution in [2.45, 2.75) is 55.4 Å². The van der Waals surface area contributed by atoms with Crippen molar-refractivity contribution in [3.8, 4) is 0 Å². The fraction of sp³-hybridized carbons (Fsp3) is 1.00. The van der Waals surface area contributed by atoms with Gasteiger partial charge in [0.25, 0.3) is 0 Å². The largest absolute Gasteiger partial charge is 0.662 e. The second kappa shape index (κ2) is 20.6. The van der Waals surface area contributed by atoms with Crippen molar-refractivity contribution in [2.75, 3.05) is 26.2 Å². The summed E-state index contributed by atoms with van der Waals surface area (Å²) in [5, 5.41) is 8.74. The van der Waals surface area contributed by atoms with Gasteiger partial charge in [0.05, 0.1) is 0 Å². The summed E-state index contributed by atoms with van der Waals surface area (Å²) in [6.07, 6.45) is 0. The zero-order chi connectivity index (χ0) is 14.6. The Morgan fingerprint density at radius 3 is 0.750 bits per heavy atom. The van der Waals surface area contributed by atoms with Crippen molar-refractivity contribution in [1.29, 1.82) is 0 Å². The Morgan fingerprint density at radius 2 is 0.650 bits per heavy atom. The van der Waals surface area contributed by atoms with Gasteiger partial charge in [-0.1, -0.05) is 79.1 Å². The van der Waals surface area contributed by atoms with Gasteiger partial charge < -0.3 is 10.6 Å². The number of hydrogen-bond acceptors (Lipinski definition) is 0. The van der Waals surface area contributed by atoms with E-state index in [0.717, 1.165) is 49.9 Å². The van der Waals surface area contributed by atoms with Gasteiger partial charge in [0.2, 0.25) is 0 Å². The maximum absolute atomic E-state index is 4.37. The fourth-order valence-corrected chi connectivity index (χ4v) is 1.18. The molecule has 20 heavy (non-hydrogen) atoms. The molecule has 0 bridgehead atoms. The van der Waals surface area contributed by atoms with Gasteiger partial charge >= 0.3 is 0 Å². The predicted molar refractivity (Wildman–Crippen MR) is 92.8 cm³/mol. The number of hydrogen-bond donors (Lipinski definition) is 0. The Balaban J connectivity index is -0.000000116. The van der Waals surface area contributed by atoms with Crippen LogP contribution >= 0.6 is 12.4 Å². The molecule has 124 valence electrons. The zero-order valence-electron chi connectivity index (χ0n) is 14.9.